The van der Waals surface area contributed by atoms with Crippen LogP contribution in [-0.2, 0) is 14.3 Å². The van der Waals surface area contributed by atoms with Crippen LogP contribution >= 0.6 is 15.9 Å². The van der Waals surface area contributed by atoms with Gasteiger partial charge in [-0.3, -0.25) is 19.4 Å². The number of benzene rings is 1. The Morgan fingerprint density at radius 1 is 1.28 bits per heavy atom. The predicted molar refractivity (Wildman–Crippen MR) is 120 cm³/mol. The number of carbonyl (C=O) groups is 2. The number of anilines is 2. The monoisotopic (exact) mass is 499 g/mol. The van der Waals surface area contributed by atoms with Crippen LogP contribution in [0.5, 0.6) is 0 Å². The number of nitrogens with zero attached hydrogens (tertiary/aromatic N) is 3. The molecule has 0 radical (unpaired) electrons. The summed E-state index contributed by atoms with van der Waals surface area (Å²) < 4.78 is 5.95. The molecular formula is C22H22BrN5O4. The van der Waals surface area contributed by atoms with Gasteiger partial charge in [-0.1, -0.05) is 28.1 Å². The van der Waals surface area contributed by atoms with Crippen molar-refractivity contribution in [3.05, 3.63) is 50.2 Å². The van der Waals surface area contributed by atoms with Gasteiger partial charge >= 0.3 is 5.97 Å². The maximum Gasteiger partial charge on any atom is 0.309 e. The number of nitrogens with one attached hydrogen (secondary N) is 2. The smallest absolute Gasteiger partial charge is 0.309 e. The van der Waals surface area contributed by atoms with Crippen LogP contribution in [0.15, 0.2) is 33.5 Å². The number of hydrogen-bond acceptors (Lipinski definition) is 7. The van der Waals surface area contributed by atoms with Crippen LogP contribution in [0.2, 0.25) is 0 Å². The molecule has 9 nitrogen and oxygen atoms in total. The average Bonchev–Trinajstić information content (AvgIpc) is 2.79. The first-order valence-corrected chi connectivity index (χ1v) is 11.2. The molecule has 1 aromatic carbocycles. The van der Waals surface area contributed by atoms with Gasteiger partial charge in [0.2, 0.25) is 11.9 Å². The van der Waals surface area contributed by atoms with Crippen LogP contribution in [0.3, 0.4) is 0 Å². The van der Waals surface area contributed by atoms with Crippen molar-refractivity contribution in [2.45, 2.75) is 25.7 Å². The van der Waals surface area contributed by atoms with E-state index in [1.165, 1.54) is 0 Å². The van der Waals surface area contributed by atoms with E-state index in [1.807, 2.05) is 11.0 Å². The molecule has 2 aliphatic rings. The van der Waals surface area contributed by atoms with Crippen molar-refractivity contribution >= 4 is 39.6 Å². The summed E-state index contributed by atoms with van der Waals surface area (Å²) in [5.41, 5.74) is 0.556. The van der Waals surface area contributed by atoms with Gasteiger partial charge in [0.15, 0.2) is 0 Å². The van der Waals surface area contributed by atoms with Crippen LogP contribution in [0, 0.1) is 23.2 Å². The van der Waals surface area contributed by atoms with Crippen molar-refractivity contribution < 1.29 is 14.3 Å². The normalized spacial score (nSPS) is 20.8. The number of hydrogen-bond donors (Lipinski definition) is 2. The van der Waals surface area contributed by atoms with Crippen LogP contribution in [0.4, 0.5) is 11.8 Å². The number of piperidine rings is 1. The van der Waals surface area contributed by atoms with E-state index >= 15 is 0 Å². The lowest BCUT2D eigenvalue weighted by Crippen LogP contribution is -2.41. The highest BCUT2D eigenvalue weighted by atomic mass is 79.9. The third kappa shape index (κ3) is 4.12. The number of H-pyrrole nitrogens is 1. The van der Waals surface area contributed by atoms with Crippen LogP contribution in [0.1, 0.15) is 36.8 Å². The Bertz CT molecular complexity index is 1130. The molecule has 10 heteroatoms. The van der Waals surface area contributed by atoms with Crippen molar-refractivity contribution in [3.8, 4) is 6.07 Å². The van der Waals surface area contributed by atoms with Crippen LogP contribution in [-0.4, -0.2) is 41.5 Å². The molecule has 2 atom stereocenters. The molecule has 0 aliphatic carbocycles. The highest BCUT2D eigenvalue weighted by Gasteiger charge is 2.40. The van der Waals surface area contributed by atoms with Crippen LogP contribution < -0.4 is 15.8 Å². The summed E-state index contributed by atoms with van der Waals surface area (Å²) in [5, 5.41) is 12.3. The molecule has 0 saturated carbocycles. The minimum Gasteiger partial charge on any atom is -0.466 e. The fraction of sp³-hybridized carbons (Fsp3) is 0.409. The van der Waals surface area contributed by atoms with E-state index in [0.29, 0.717) is 44.0 Å². The van der Waals surface area contributed by atoms with Gasteiger partial charge in [0.25, 0.3) is 5.56 Å². The molecular weight excluding hydrogens is 478 g/mol. The summed E-state index contributed by atoms with van der Waals surface area (Å²) in [6, 6.07) is 9.21. The fourth-order valence-electron chi connectivity index (χ4n) is 4.27. The molecule has 4 rings (SSSR count). The second kappa shape index (κ2) is 9.12. The Morgan fingerprint density at radius 3 is 2.59 bits per heavy atom. The molecule has 32 heavy (non-hydrogen) atoms. The molecule has 3 heterocycles. The molecule has 2 N–H and O–H groups in total. The van der Waals surface area contributed by atoms with E-state index in [4.69, 9.17) is 4.74 Å². The fourth-order valence-corrected chi connectivity index (χ4v) is 4.53. The van der Waals surface area contributed by atoms with E-state index in [9.17, 15) is 19.6 Å². The molecule has 1 aromatic heterocycles. The Morgan fingerprint density at radius 2 is 1.97 bits per heavy atom. The molecule has 0 bridgehead atoms. The van der Waals surface area contributed by atoms with E-state index in [1.54, 1.807) is 31.2 Å². The Kier molecular flexibility index (Phi) is 6.28. The largest absolute Gasteiger partial charge is 0.466 e. The van der Waals surface area contributed by atoms with Gasteiger partial charge in [0.05, 0.1) is 24.2 Å². The van der Waals surface area contributed by atoms with E-state index in [2.05, 4.69) is 31.2 Å². The highest BCUT2D eigenvalue weighted by Crippen LogP contribution is 2.38. The van der Waals surface area contributed by atoms with E-state index in [0.717, 1.165) is 4.47 Å². The maximum absolute atomic E-state index is 13.1. The quantitative estimate of drug-likeness (QED) is 0.618. The van der Waals surface area contributed by atoms with Crippen molar-refractivity contribution in [1.82, 2.24) is 9.97 Å². The second-order valence-electron chi connectivity index (χ2n) is 7.79. The van der Waals surface area contributed by atoms with Gasteiger partial charge < -0.3 is 15.0 Å². The summed E-state index contributed by atoms with van der Waals surface area (Å²) in [5.74, 6) is -2.13. The highest BCUT2D eigenvalue weighted by molar-refractivity contribution is 9.10. The molecule has 0 spiro atoms. The zero-order chi connectivity index (χ0) is 22.8. The van der Waals surface area contributed by atoms with Gasteiger partial charge in [0, 0.05) is 23.5 Å². The number of aromatic nitrogens is 2. The van der Waals surface area contributed by atoms with Crippen LogP contribution in [0.25, 0.3) is 0 Å². The first kappa shape index (κ1) is 22.0. The van der Waals surface area contributed by atoms with Gasteiger partial charge in [-0.15, -0.1) is 0 Å². The molecule has 2 aliphatic heterocycles. The number of aromatic amines is 1. The summed E-state index contributed by atoms with van der Waals surface area (Å²) in [6.07, 6.45) is 1.17. The Hall–Kier alpha value is -3.19. The number of halogens is 1. The first-order chi connectivity index (χ1) is 15.4. The van der Waals surface area contributed by atoms with Crippen molar-refractivity contribution in [3.63, 3.8) is 0 Å². The standard InChI is InChI=1S/C22H22BrN5O4/c1-2-32-21(31)13-7-9-28(10-8-13)22-26-18-17(20(30)27-22)16(15(11-24)19(29)25-18)12-3-5-14(23)6-4-12/h3-6,13,15-16H,2,7-10H2,1H3,(H2,25,26,27,29,30). The van der Waals surface area contributed by atoms with Crippen molar-refractivity contribution in [2.75, 3.05) is 29.9 Å². The molecule has 2 unspecified atom stereocenters. The van der Waals surface area contributed by atoms with E-state index in [-0.39, 0.29) is 23.3 Å². The number of esters is 1. The topological polar surface area (TPSA) is 128 Å². The lowest BCUT2D eigenvalue weighted by atomic mass is 9.79. The maximum atomic E-state index is 13.1. The molecule has 2 aromatic rings. The zero-order valence-corrected chi connectivity index (χ0v) is 19.0. The lowest BCUT2D eigenvalue weighted by Gasteiger charge is -2.33. The first-order valence-electron chi connectivity index (χ1n) is 10.4. The minimum atomic E-state index is -1.04. The average molecular weight is 500 g/mol. The molecule has 1 fully saturated rings. The van der Waals surface area contributed by atoms with Gasteiger partial charge in [-0.05, 0) is 37.5 Å². The Labute approximate surface area is 192 Å². The molecule has 166 valence electrons. The van der Waals surface area contributed by atoms with Gasteiger partial charge in [-0.25, -0.2) is 0 Å². The Balaban J connectivity index is 1.66. The van der Waals surface area contributed by atoms with Crippen molar-refractivity contribution in [1.29, 1.82) is 5.26 Å². The number of carbonyl (C=O) groups excluding carboxylic acids is 2. The third-order valence-corrected chi connectivity index (χ3v) is 6.42. The molecule has 1 saturated heterocycles. The number of fused-ring (bicyclic) bond motifs is 1. The summed E-state index contributed by atoms with van der Waals surface area (Å²) in [4.78, 5) is 47.0. The summed E-state index contributed by atoms with van der Waals surface area (Å²) >= 11 is 3.38. The predicted octanol–water partition coefficient (Wildman–Crippen LogP) is 2.54. The van der Waals surface area contributed by atoms with Gasteiger partial charge in [0.1, 0.15) is 11.7 Å². The molecule has 1 amide bonds. The van der Waals surface area contributed by atoms with Crippen molar-refractivity contribution in [2.24, 2.45) is 11.8 Å². The zero-order valence-electron chi connectivity index (χ0n) is 17.4. The second-order valence-corrected chi connectivity index (χ2v) is 8.71. The summed E-state index contributed by atoms with van der Waals surface area (Å²) in [6.45, 7) is 3.18. The number of amides is 1. The third-order valence-electron chi connectivity index (χ3n) is 5.89. The van der Waals surface area contributed by atoms with Gasteiger partial charge in [-0.2, -0.15) is 10.2 Å². The summed E-state index contributed by atoms with van der Waals surface area (Å²) in [7, 11) is 0. The SMILES string of the molecule is CCOC(=O)C1CCN(c2nc3c(c(=O)[nH]2)C(c2ccc(Br)cc2)C(C#N)C(=O)N3)CC1. The number of nitriles is 1. The minimum absolute atomic E-state index is 0.167. The number of rotatable bonds is 4. The van der Waals surface area contributed by atoms with E-state index < -0.39 is 23.3 Å². The number of ether oxygens (including phenoxy) is 1. The lowest BCUT2D eigenvalue weighted by molar-refractivity contribution is -0.148.